The Labute approximate surface area is 105 Å². The van der Waals surface area contributed by atoms with E-state index in [9.17, 15) is 5.11 Å². The van der Waals surface area contributed by atoms with Gasteiger partial charge in [-0.15, -0.1) is 0 Å². The Balaban J connectivity index is 2.56. The zero-order chi connectivity index (χ0) is 12.4. The van der Waals surface area contributed by atoms with E-state index >= 15 is 0 Å². The van der Waals surface area contributed by atoms with E-state index in [-0.39, 0.29) is 5.75 Å². The van der Waals surface area contributed by atoms with Crippen molar-refractivity contribution in [1.82, 2.24) is 0 Å². The number of hydrogen-bond donors (Lipinski definition) is 1. The molecule has 0 amide bonds. The normalized spacial score (nSPS) is 10.3. The Bertz CT molecular complexity index is 550. The Morgan fingerprint density at radius 3 is 2.65 bits per heavy atom. The summed E-state index contributed by atoms with van der Waals surface area (Å²) in [6, 6.07) is 11.0. The Morgan fingerprint density at radius 2 is 1.94 bits per heavy atom. The summed E-state index contributed by atoms with van der Waals surface area (Å²) in [6.07, 6.45) is 0. The van der Waals surface area contributed by atoms with Gasteiger partial charge >= 0.3 is 0 Å². The first-order chi connectivity index (χ1) is 8.11. The van der Waals surface area contributed by atoms with Gasteiger partial charge in [-0.1, -0.05) is 23.7 Å². The lowest BCUT2D eigenvalue weighted by Gasteiger charge is -2.09. The SMILES string of the molecule is COc1cccc(-c2cc(C)c(Cl)cc2O)c1. The molecule has 17 heavy (non-hydrogen) atoms. The van der Waals surface area contributed by atoms with E-state index in [1.807, 2.05) is 37.3 Å². The lowest BCUT2D eigenvalue weighted by Crippen LogP contribution is -1.86. The van der Waals surface area contributed by atoms with E-state index in [4.69, 9.17) is 16.3 Å². The van der Waals surface area contributed by atoms with Gasteiger partial charge in [0.1, 0.15) is 11.5 Å². The summed E-state index contributed by atoms with van der Waals surface area (Å²) >= 11 is 5.95. The van der Waals surface area contributed by atoms with Crippen molar-refractivity contribution in [3.8, 4) is 22.6 Å². The fraction of sp³-hybridized carbons (Fsp3) is 0.143. The highest BCUT2D eigenvalue weighted by molar-refractivity contribution is 6.31. The van der Waals surface area contributed by atoms with Crippen molar-refractivity contribution >= 4 is 11.6 Å². The minimum atomic E-state index is 0.175. The van der Waals surface area contributed by atoms with E-state index in [0.717, 1.165) is 22.4 Å². The van der Waals surface area contributed by atoms with E-state index in [0.29, 0.717) is 5.02 Å². The van der Waals surface area contributed by atoms with Crippen molar-refractivity contribution in [2.24, 2.45) is 0 Å². The molecule has 1 N–H and O–H groups in total. The molecule has 0 fully saturated rings. The standard InChI is InChI=1S/C14H13ClO2/c1-9-6-12(14(16)8-13(9)15)10-4-3-5-11(7-10)17-2/h3-8,16H,1-2H3. The number of benzene rings is 2. The highest BCUT2D eigenvalue weighted by Gasteiger charge is 2.08. The number of phenols is 1. The molecule has 2 rings (SSSR count). The lowest BCUT2D eigenvalue weighted by molar-refractivity contribution is 0.415. The van der Waals surface area contributed by atoms with Crippen molar-refractivity contribution in [3.05, 3.63) is 47.0 Å². The van der Waals surface area contributed by atoms with Gasteiger partial charge in [0.15, 0.2) is 0 Å². The average molecular weight is 249 g/mol. The van der Waals surface area contributed by atoms with Gasteiger partial charge in [0.05, 0.1) is 7.11 Å². The first-order valence-electron chi connectivity index (χ1n) is 5.25. The van der Waals surface area contributed by atoms with E-state index in [1.54, 1.807) is 13.2 Å². The summed E-state index contributed by atoms with van der Waals surface area (Å²) in [4.78, 5) is 0. The molecule has 0 aliphatic heterocycles. The van der Waals surface area contributed by atoms with Crippen LogP contribution >= 0.6 is 11.6 Å². The number of halogens is 1. The van der Waals surface area contributed by atoms with E-state index in [2.05, 4.69) is 0 Å². The molecule has 2 aromatic carbocycles. The predicted octanol–water partition coefficient (Wildman–Crippen LogP) is 4.03. The van der Waals surface area contributed by atoms with Crippen LogP contribution in [0.1, 0.15) is 5.56 Å². The summed E-state index contributed by atoms with van der Waals surface area (Å²) in [7, 11) is 1.62. The molecule has 88 valence electrons. The van der Waals surface area contributed by atoms with Crippen LogP contribution in [-0.4, -0.2) is 12.2 Å². The van der Waals surface area contributed by atoms with Gasteiger partial charge in [-0.05, 0) is 42.3 Å². The van der Waals surface area contributed by atoms with Crippen LogP contribution < -0.4 is 4.74 Å². The van der Waals surface area contributed by atoms with Gasteiger partial charge in [0.2, 0.25) is 0 Å². The van der Waals surface area contributed by atoms with Crippen molar-refractivity contribution in [1.29, 1.82) is 0 Å². The summed E-state index contributed by atoms with van der Waals surface area (Å²) in [6.45, 7) is 1.91. The van der Waals surface area contributed by atoms with Gasteiger partial charge in [-0.3, -0.25) is 0 Å². The predicted molar refractivity (Wildman–Crippen MR) is 69.8 cm³/mol. The Kier molecular flexibility index (Phi) is 3.25. The maximum Gasteiger partial charge on any atom is 0.124 e. The van der Waals surface area contributed by atoms with Crippen molar-refractivity contribution in [2.75, 3.05) is 7.11 Å². The fourth-order valence-corrected chi connectivity index (χ4v) is 1.85. The second-order valence-electron chi connectivity index (χ2n) is 3.85. The summed E-state index contributed by atoms with van der Waals surface area (Å²) < 4.78 is 5.16. The number of aromatic hydroxyl groups is 1. The molecule has 0 radical (unpaired) electrons. The summed E-state index contributed by atoms with van der Waals surface area (Å²) in [5.74, 6) is 0.934. The molecule has 0 aromatic heterocycles. The number of methoxy groups -OCH3 is 1. The number of rotatable bonds is 2. The Morgan fingerprint density at radius 1 is 1.18 bits per heavy atom. The number of hydrogen-bond acceptors (Lipinski definition) is 2. The molecule has 0 saturated carbocycles. The quantitative estimate of drug-likeness (QED) is 0.870. The molecule has 0 atom stereocenters. The second-order valence-corrected chi connectivity index (χ2v) is 4.26. The molecule has 2 aromatic rings. The van der Waals surface area contributed by atoms with Crippen molar-refractivity contribution < 1.29 is 9.84 Å². The number of ether oxygens (including phenoxy) is 1. The third kappa shape index (κ3) is 2.37. The lowest BCUT2D eigenvalue weighted by atomic mass is 10.0. The second kappa shape index (κ2) is 4.68. The summed E-state index contributed by atoms with van der Waals surface area (Å²) in [5.41, 5.74) is 2.59. The van der Waals surface area contributed by atoms with Gasteiger partial charge in [-0.2, -0.15) is 0 Å². The number of aryl methyl sites for hydroxylation is 1. The van der Waals surface area contributed by atoms with Gasteiger partial charge in [-0.25, -0.2) is 0 Å². The first kappa shape index (κ1) is 11.8. The van der Waals surface area contributed by atoms with E-state index < -0.39 is 0 Å². The maximum absolute atomic E-state index is 9.91. The molecule has 0 aliphatic carbocycles. The molecule has 3 heteroatoms. The van der Waals surface area contributed by atoms with Crippen LogP contribution in [0.2, 0.25) is 5.02 Å². The van der Waals surface area contributed by atoms with Crippen LogP contribution in [0.5, 0.6) is 11.5 Å². The van der Waals surface area contributed by atoms with Crippen molar-refractivity contribution in [3.63, 3.8) is 0 Å². The molecular weight excluding hydrogens is 236 g/mol. The van der Waals surface area contributed by atoms with Crippen LogP contribution in [0.25, 0.3) is 11.1 Å². The van der Waals surface area contributed by atoms with E-state index in [1.165, 1.54) is 0 Å². The Hall–Kier alpha value is -1.67. The third-order valence-corrected chi connectivity index (χ3v) is 3.06. The molecule has 2 nitrogen and oxygen atoms in total. The van der Waals surface area contributed by atoms with Gasteiger partial charge in [0, 0.05) is 10.6 Å². The van der Waals surface area contributed by atoms with Crippen LogP contribution in [0.15, 0.2) is 36.4 Å². The zero-order valence-corrected chi connectivity index (χ0v) is 10.5. The molecule has 0 aliphatic rings. The van der Waals surface area contributed by atoms with Gasteiger partial charge < -0.3 is 9.84 Å². The first-order valence-corrected chi connectivity index (χ1v) is 5.63. The highest BCUT2D eigenvalue weighted by atomic mass is 35.5. The van der Waals surface area contributed by atoms with Crippen LogP contribution in [-0.2, 0) is 0 Å². The fourth-order valence-electron chi connectivity index (χ4n) is 1.69. The smallest absolute Gasteiger partial charge is 0.124 e. The minimum Gasteiger partial charge on any atom is -0.507 e. The minimum absolute atomic E-state index is 0.175. The molecule has 0 saturated heterocycles. The zero-order valence-electron chi connectivity index (χ0n) is 9.70. The molecular formula is C14H13ClO2. The maximum atomic E-state index is 9.91. The highest BCUT2D eigenvalue weighted by Crippen LogP contribution is 2.34. The number of phenolic OH excluding ortho intramolecular Hbond substituents is 1. The molecule has 0 heterocycles. The third-order valence-electron chi connectivity index (χ3n) is 2.66. The van der Waals surface area contributed by atoms with Crippen LogP contribution in [0.4, 0.5) is 0 Å². The largest absolute Gasteiger partial charge is 0.507 e. The summed E-state index contributed by atoms with van der Waals surface area (Å²) in [5, 5.41) is 10.5. The topological polar surface area (TPSA) is 29.5 Å². The molecule has 0 unspecified atom stereocenters. The monoisotopic (exact) mass is 248 g/mol. The average Bonchev–Trinajstić information content (AvgIpc) is 2.34. The van der Waals surface area contributed by atoms with Crippen LogP contribution in [0, 0.1) is 6.92 Å². The molecule has 0 bridgehead atoms. The van der Waals surface area contributed by atoms with Gasteiger partial charge in [0.25, 0.3) is 0 Å². The van der Waals surface area contributed by atoms with Crippen molar-refractivity contribution in [2.45, 2.75) is 6.92 Å². The van der Waals surface area contributed by atoms with Crippen LogP contribution in [0.3, 0.4) is 0 Å². The molecule has 0 spiro atoms.